The highest BCUT2D eigenvalue weighted by Gasteiger charge is 2.17. The number of thiazole rings is 2. The molecule has 0 aliphatic carbocycles. The van der Waals surface area contributed by atoms with Crippen LogP contribution in [0.1, 0.15) is 54.0 Å². The first kappa shape index (κ1) is 23.3. The van der Waals surface area contributed by atoms with Crippen molar-refractivity contribution in [2.75, 3.05) is 13.1 Å². The van der Waals surface area contributed by atoms with E-state index in [1.54, 1.807) is 22.7 Å². The SMILES string of the molecule is CCNC(=NCc1csc(C(C)(C)C)n1)NCCc1nc(C)c(C)s1.I. The first-order valence-corrected chi connectivity index (χ1v) is 10.4. The Morgan fingerprint density at radius 2 is 1.92 bits per heavy atom. The number of nitrogens with zero attached hydrogens (tertiary/aromatic N) is 3. The largest absolute Gasteiger partial charge is 0.357 e. The van der Waals surface area contributed by atoms with Crippen molar-refractivity contribution in [3.05, 3.63) is 31.7 Å². The molecule has 0 aliphatic rings. The van der Waals surface area contributed by atoms with Gasteiger partial charge in [-0.3, -0.25) is 0 Å². The lowest BCUT2D eigenvalue weighted by molar-refractivity contribution is 0.583. The predicted molar refractivity (Wildman–Crippen MR) is 124 cm³/mol. The molecule has 8 heteroatoms. The Kier molecular flexibility index (Phi) is 9.46. The van der Waals surface area contributed by atoms with E-state index in [1.165, 1.54) is 9.88 Å². The standard InChI is InChI=1S/C18H29N5S2.HI/c1-7-19-17(20-9-8-15-22-12(2)13(3)25-15)21-10-14-11-24-16(23-14)18(4,5)6;/h11H,7-10H2,1-6H3,(H2,19,20,21);1H. The molecule has 2 N–H and O–H groups in total. The average molecular weight is 508 g/mol. The number of hydrogen-bond donors (Lipinski definition) is 2. The van der Waals surface area contributed by atoms with Crippen LogP contribution in [-0.4, -0.2) is 29.0 Å². The first-order chi connectivity index (χ1) is 11.8. The van der Waals surface area contributed by atoms with Crippen molar-refractivity contribution in [1.82, 2.24) is 20.6 Å². The van der Waals surface area contributed by atoms with E-state index in [1.807, 2.05) is 0 Å². The van der Waals surface area contributed by atoms with Crippen LogP contribution in [0, 0.1) is 13.8 Å². The third kappa shape index (κ3) is 7.11. The summed E-state index contributed by atoms with van der Waals surface area (Å²) in [4.78, 5) is 15.2. The topological polar surface area (TPSA) is 62.2 Å². The van der Waals surface area contributed by atoms with Crippen molar-refractivity contribution in [3.8, 4) is 0 Å². The van der Waals surface area contributed by atoms with E-state index < -0.39 is 0 Å². The number of aromatic nitrogens is 2. The lowest BCUT2D eigenvalue weighted by atomic mass is 9.98. The van der Waals surface area contributed by atoms with Crippen molar-refractivity contribution >= 4 is 52.6 Å². The van der Waals surface area contributed by atoms with E-state index in [4.69, 9.17) is 4.98 Å². The summed E-state index contributed by atoms with van der Waals surface area (Å²) in [7, 11) is 0. The fourth-order valence-corrected chi connectivity index (χ4v) is 3.99. The van der Waals surface area contributed by atoms with E-state index in [0.29, 0.717) is 6.54 Å². The first-order valence-electron chi connectivity index (χ1n) is 8.69. The second-order valence-electron chi connectivity index (χ2n) is 7.02. The summed E-state index contributed by atoms with van der Waals surface area (Å²) in [5.41, 5.74) is 2.26. The van der Waals surface area contributed by atoms with Gasteiger partial charge in [0, 0.05) is 35.2 Å². The molecule has 2 heterocycles. The summed E-state index contributed by atoms with van der Waals surface area (Å²) in [6.45, 7) is 15.1. The molecule has 0 amide bonds. The maximum atomic E-state index is 4.70. The van der Waals surface area contributed by atoms with Crippen LogP contribution in [0.15, 0.2) is 10.4 Å². The van der Waals surface area contributed by atoms with E-state index in [-0.39, 0.29) is 29.4 Å². The van der Waals surface area contributed by atoms with E-state index in [0.717, 1.165) is 41.9 Å². The second-order valence-corrected chi connectivity index (χ2v) is 9.16. The van der Waals surface area contributed by atoms with Gasteiger partial charge in [0.25, 0.3) is 0 Å². The van der Waals surface area contributed by atoms with Crippen molar-refractivity contribution in [2.45, 2.75) is 59.9 Å². The highest BCUT2D eigenvalue weighted by atomic mass is 127. The van der Waals surface area contributed by atoms with Gasteiger partial charge in [-0.15, -0.1) is 46.7 Å². The van der Waals surface area contributed by atoms with Crippen LogP contribution in [-0.2, 0) is 18.4 Å². The summed E-state index contributed by atoms with van der Waals surface area (Å²) in [6.07, 6.45) is 0.911. The van der Waals surface area contributed by atoms with Gasteiger partial charge in [-0.2, -0.15) is 0 Å². The number of rotatable bonds is 6. The number of nitrogens with one attached hydrogen (secondary N) is 2. The summed E-state index contributed by atoms with van der Waals surface area (Å²) in [5.74, 6) is 0.831. The number of hydrogen-bond acceptors (Lipinski definition) is 5. The van der Waals surface area contributed by atoms with Gasteiger partial charge in [0.05, 0.1) is 27.9 Å². The number of aryl methyl sites for hydroxylation is 2. The fourth-order valence-electron chi connectivity index (χ4n) is 2.16. The van der Waals surface area contributed by atoms with Gasteiger partial charge in [-0.25, -0.2) is 15.0 Å². The summed E-state index contributed by atoms with van der Waals surface area (Å²) in [5, 5.41) is 11.1. The molecule has 0 saturated carbocycles. The highest BCUT2D eigenvalue weighted by Crippen LogP contribution is 2.25. The zero-order valence-electron chi connectivity index (χ0n) is 16.5. The van der Waals surface area contributed by atoms with Gasteiger partial charge in [-0.1, -0.05) is 20.8 Å². The van der Waals surface area contributed by atoms with Gasteiger partial charge in [-0.05, 0) is 20.8 Å². The van der Waals surface area contributed by atoms with Crippen molar-refractivity contribution in [2.24, 2.45) is 4.99 Å². The van der Waals surface area contributed by atoms with E-state index in [2.05, 4.69) is 67.5 Å². The molecule has 2 rings (SSSR count). The van der Waals surface area contributed by atoms with Gasteiger partial charge in [0.1, 0.15) is 0 Å². The molecule has 0 aliphatic heterocycles. The zero-order chi connectivity index (χ0) is 18.4. The van der Waals surface area contributed by atoms with Crippen LogP contribution in [0.5, 0.6) is 0 Å². The highest BCUT2D eigenvalue weighted by molar-refractivity contribution is 14.0. The Morgan fingerprint density at radius 1 is 1.19 bits per heavy atom. The Labute approximate surface area is 182 Å². The monoisotopic (exact) mass is 507 g/mol. The molecule has 0 bridgehead atoms. The minimum Gasteiger partial charge on any atom is -0.357 e. The Balaban J connectivity index is 0.00000338. The van der Waals surface area contributed by atoms with E-state index in [9.17, 15) is 0 Å². The fraction of sp³-hybridized carbons (Fsp3) is 0.611. The lowest BCUT2D eigenvalue weighted by Gasteiger charge is -2.13. The van der Waals surface area contributed by atoms with Gasteiger partial charge < -0.3 is 10.6 Å². The molecule has 0 unspecified atom stereocenters. The van der Waals surface area contributed by atoms with Crippen molar-refractivity contribution < 1.29 is 0 Å². The Hall–Kier alpha value is -0.740. The Morgan fingerprint density at radius 3 is 2.46 bits per heavy atom. The third-order valence-electron chi connectivity index (χ3n) is 3.64. The minimum atomic E-state index is 0. The molecule has 2 aromatic rings. The molecule has 0 atom stereocenters. The minimum absolute atomic E-state index is 0. The van der Waals surface area contributed by atoms with Crippen LogP contribution < -0.4 is 10.6 Å². The van der Waals surface area contributed by atoms with E-state index >= 15 is 0 Å². The van der Waals surface area contributed by atoms with Crippen LogP contribution in [0.2, 0.25) is 0 Å². The number of guanidine groups is 1. The third-order valence-corrected chi connectivity index (χ3v) is 6.09. The van der Waals surface area contributed by atoms with Crippen LogP contribution in [0.3, 0.4) is 0 Å². The molecular formula is C18H30IN5S2. The van der Waals surface area contributed by atoms with Crippen molar-refractivity contribution in [1.29, 1.82) is 0 Å². The molecule has 146 valence electrons. The van der Waals surface area contributed by atoms with Gasteiger partial charge in [0.2, 0.25) is 0 Å². The quantitative estimate of drug-likeness (QED) is 0.345. The Bertz CT molecular complexity index is 696. The molecule has 5 nitrogen and oxygen atoms in total. The van der Waals surface area contributed by atoms with Gasteiger partial charge >= 0.3 is 0 Å². The summed E-state index contributed by atoms with van der Waals surface area (Å²) >= 11 is 3.49. The molecule has 0 spiro atoms. The van der Waals surface area contributed by atoms with Crippen LogP contribution >= 0.6 is 46.7 Å². The smallest absolute Gasteiger partial charge is 0.191 e. The predicted octanol–water partition coefficient (Wildman–Crippen LogP) is 4.43. The number of halogens is 1. The molecule has 0 fully saturated rings. The second kappa shape index (κ2) is 10.6. The molecule has 0 aromatic carbocycles. The molecule has 2 aromatic heterocycles. The zero-order valence-corrected chi connectivity index (χ0v) is 20.4. The maximum Gasteiger partial charge on any atom is 0.191 e. The van der Waals surface area contributed by atoms with Crippen molar-refractivity contribution in [3.63, 3.8) is 0 Å². The average Bonchev–Trinajstić information content (AvgIpc) is 3.12. The molecule has 0 saturated heterocycles. The molecule has 26 heavy (non-hydrogen) atoms. The lowest BCUT2D eigenvalue weighted by Crippen LogP contribution is -2.38. The van der Waals surface area contributed by atoms with Crippen LogP contribution in [0.25, 0.3) is 0 Å². The maximum absolute atomic E-state index is 4.70. The summed E-state index contributed by atoms with van der Waals surface area (Å²) in [6, 6.07) is 0. The normalized spacial score (nSPS) is 12.0. The summed E-state index contributed by atoms with van der Waals surface area (Å²) < 4.78 is 0. The molecule has 0 radical (unpaired) electrons. The van der Waals surface area contributed by atoms with Crippen LogP contribution in [0.4, 0.5) is 0 Å². The van der Waals surface area contributed by atoms with Gasteiger partial charge in [0.15, 0.2) is 5.96 Å². The number of aliphatic imine (C=N–C) groups is 1. The molecular weight excluding hydrogens is 477 g/mol.